The van der Waals surface area contributed by atoms with E-state index in [1.165, 1.54) is 12.1 Å². The first kappa shape index (κ1) is 15.5. The van der Waals surface area contributed by atoms with Gasteiger partial charge >= 0.3 is 0 Å². The van der Waals surface area contributed by atoms with Crippen LogP contribution in [-0.4, -0.2) is 11.1 Å². The summed E-state index contributed by atoms with van der Waals surface area (Å²) in [7, 11) is 0. The lowest BCUT2D eigenvalue weighted by atomic mass is 10.1. The molecule has 0 aliphatic heterocycles. The van der Waals surface area contributed by atoms with Gasteiger partial charge in [0, 0.05) is 12.3 Å². The van der Waals surface area contributed by atoms with Gasteiger partial charge in [0.15, 0.2) is 0 Å². The number of aryl methyl sites for hydroxylation is 2. The molecule has 6 heteroatoms. The molecule has 0 unspecified atom stereocenters. The van der Waals surface area contributed by atoms with Crippen molar-refractivity contribution in [3.8, 4) is 0 Å². The van der Waals surface area contributed by atoms with Gasteiger partial charge < -0.3 is 0 Å². The van der Waals surface area contributed by atoms with E-state index in [4.69, 9.17) is 23.2 Å². The van der Waals surface area contributed by atoms with E-state index >= 15 is 0 Å². The quantitative estimate of drug-likeness (QED) is 0.439. The maximum absolute atomic E-state index is 10.9. The van der Waals surface area contributed by atoms with Gasteiger partial charge in [0.2, 0.25) is 0 Å². The van der Waals surface area contributed by atoms with Crippen molar-refractivity contribution in [1.82, 2.24) is 0 Å². The highest BCUT2D eigenvalue weighted by Crippen LogP contribution is 2.35. The minimum Gasteiger partial charge on any atom is -0.258 e. The molecule has 0 saturated carbocycles. The van der Waals surface area contributed by atoms with E-state index in [1.54, 1.807) is 6.21 Å². The van der Waals surface area contributed by atoms with Crippen molar-refractivity contribution in [2.75, 3.05) is 0 Å². The van der Waals surface area contributed by atoms with Crippen LogP contribution in [0, 0.1) is 24.0 Å². The molecule has 0 saturated heterocycles. The number of halogens is 2. The van der Waals surface area contributed by atoms with E-state index < -0.39 is 4.92 Å². The number of hydrogen-bond acceptors (Lipinski definition) is 3. The second-order valence-electron chi connectivity index (χ2n) is 4.63. The van der Waals surface area contributed by atoms with Crippen LogP contribution in [0.1, 0.15) is 16.7 Å². The number of nitro benzene ring substituents is 1. The second-order valence-corrected chi connectivity index (χ2v) is 5.44. The van der Waals surface area contributed by atoms with Crippen molar-refractivity contribution in [2.24, 2.45) is 4.99 Å². The SMILES string of the molecule is Cc1ccc(C=Nc2cc([N+](=O)[O-])c(Cl)cc2Cl)c(C)c1. The molecule has 0 spiro atoms. The molecule has 2 rings (SSSR count). The number of hydrogen-bond donors (Lipinski definition) is 0. The maximum Gasteiger partial charge on any atom is 0.290 e. The van der Waals surface area contributed by atoms with Gasteiger partial charge in [0.05, 0.1) is 15.6 Å². The highest BCUT2D eigenvalue weighted by atomic mass is 35.5. The van der Waals surface area contributed by atoms with Crippen LogP contribution in [0.3, 0.4) is 0 Å². The third-order valence-corrected chi connectivity index (χ3v) is 3.59. The standard InChI is InChI=1S/C15H12Cl2N2O2/c1-9-3-4-11(10(2)5-9)8-18-14-7-15(19(20)21)13(17)6-12(14)16/h3-8H,1-2H3. The van der Waals surface area contributed by atoms with E-state index in [2.05, 4.69) is 4.99 Å². The van der Waals surface area contributed by atoms with Crippen LogP contribution < -0.4 is 0 Å². The maximum atomic E-state index is 10.9. The Balaban J connectivity index is 2.41. The molecule has 4 nitrogen and oxygen atoms in total. The van der Waals surface area contributed by atoms with Gasteiger partial charge in [-0.1, -0.05) is 47.0 Å². The summed E-state index contributed by atoms with van der Waals surface area (Å²) in [6.45, 7) is 3.98. The van der Waals surface area contributed by atoms with Gasteiger partial charge in [0.25, 0.3) is 5.69 Å². The summed E-state index contributed by atoms with van der Waals surface area (Å²) < 4.78 is 0. The molecule has 0 heterocycles. The summed E-state index contributed by atoms with van der Waals surface area (Å²) in [6, 6.07) is 8.54. The Labute approximate surface area is 132 Å². The van der Waals surface area contributed by atoms with E-state index in [0.29, 0.717) is 5.69 Å². The van der Waals surface area contributed by atoms with Crippen molar-refractivity contribution in [3.63, 3.8) is 0 Å². The lowest BCUT2D eigenvalue weighted by Crippen LogP contribution is -1.90. The molecule has 2 aromatic carbocycles. The number of nitrogens with zero attached hydrogens (tertiary/aromatic N) is 2. The molecule has 0 bridgehead atoms. The van der Waals surface area contributed by atoms with Gasteiger partial charge in [-0.2, -0.15) is 0 Å². The largest absolute Gasteiger partial charge is 0.290 e. The lowest BCUT2D eigenvalue weighted by molar-refractivity contribution is -0.384. The first-order valence-corrected chi connectivity index (χ1v) is 6.89. The molecule has 0 N–H and O–H groups in total. The Hall–Kier alpha value is -1.91. The molecular weight excluding hydrogens is 311 g/mol. The Kier molecular flexibility index (Phi) is 4.60. The second kappa shape index (κ2) is 6.24. The highest BCUT2D eigenvalue weighted by Gasteiger charge is 2.15. The fourth-order valence-corrected chi connectivity index (χ4v) is 2.38. The molecule has 108 valence electrons. The summed E-state index contributed by atoms with van der Waals surface area (Å²) in [4.78, 5) is 14.5. The average Bonchev–Trinajstić information content (AvgIpc) is 2.39. The molecular formula is C15H12Cl2N2O2. The van der Waals surface area contributed by atoms with E-state index in [-0.39, 0.29) is 15.7 Å². The van der Waals surface area contributed by atoms with Gasteiger partial charge in [-0.05, 0) is 31.0 Å². The van der Waals surface area contributed by atoms with Crippen molar-refractivity contribution in [1.29, 1.82) is 0 Å². The fourth-order valence-electron chi connectivity index (χ4n) is 1.87. The molecule has 2 aromatic rings. The average molecular weight is 323 g/mol. The normalized spacial score (nSPS) is 11.0. The Morgan fingerprint density at radius 3 is 2.48 bits per heavy atom. The predicted octanol–water partition coefficient (Wildman–Crippen LogP) is 5.27. The van der Waals surface area contributed by atoms with Crippen molar-refractivity contribution in [3.05, 3.63) is 67.2 Å². The van der Waals surface area contributed by atoms with Crippen LogP contribution in [0.15, 0.2) is 35.3 Å². The zero-order valence-electron chi connectivity index (χ0n) is 11.4. The smallest absolute Gasteiger partial charge is 0.258 e. The van der Waals surface area contributed by atoms with Crippen molar-refractivity contribution >= 4 is 40.8 Å². The third kappa shape index (κ3) is 3.60. The molecule has 0 radical (unpaired) electrons. The Morgan fingerprint density at radius 1 is 1.14 bits per heavy atom. The van der Waals surface area contributed by atoms with Gasteiger partial charge in [0.1, 0.15) is 5.02 Å². The van der Waals surface area contributed by atoms with Crippen LogP contribution in [0.4, 0.5) is 11.4 Å². The summed E-state index contributed by atoms with van der Waals surface area (Å²) in [6.07, 6.45) is 1.63. The first-order chi connectivity index (χ1) is 9.88. The van der Waals surface area contributed by atoms with Crippen LogP contribution in [0.25, 0.3) is 0 Å². The van der Waals surface area contributed by atoms with Crippen LogP contribution in [-0.2, 0) is 0 Å². The topological polar surface area (TPSA) is 55.5 Å². The van der Waals surface area contributed by atoms with Crippen molar-refractivity contribution < 1.29 is 4.92 Å². The minimum absolute atomic E-state index is 0.00420. The fraction of sp³-hybridized carbons (Fsp3) is 0.133. The van der Waals surface area contributed by atoms with Crippen LogP contribution in [0.2, 0.25) is 10.0 Å². The van der Waals surface area contributed by atoms with Crippen LogP contribution >= 0.6 is 23.2 Å². The summed E-state index contributed by atoms with van der Waals surface area (Å²) >= 11 is 11.8. The molecule has 0 atom stereocenters. The zero-order valence-corrected chi connectivity index (χ0v) is 12.9. The molecule has 21 heavy (non-hydrogen) atoms. The zero-order chi connectivity index (χ0) is 15.6. The third-order valence-electron chi connectivity index (χ3n) is 2.98. The predicted molar refractivity (Wildman–Crippen MR) is 86.3 cm³/mol. The van der Waals surface area contributed by atoms with Gasteiger partial charge in [-0.15, -0.1) is 0 Å². The van der Waals surface area contributed by atoms with E-state index in [1.807, 2.05) is 32.0 Å². The van der Waals surface area contributed by atoms with Gasteiger partial charge in [-0.3, -0.25) is 15.1 Å². The van der Waals surface area contributed by atoms with Crippen LogP contribution in [0.5, 0.6) is 0 Å². The minimum atomic E-state index is -0.561. The number of benzene rings is 2. The first-order valence-electron chi connectivity index (χ1n) is 6.13. The molecule has 0 aromatic heterocycles. The molecule has 0 fully saturated rings. The summed E-state index contributed by atoms with van der Waals surface area (Å²) in [5, 5.41) is 11.1. The van der Waals surface area contributed by atoms with E-state index in [9.17, 15) is 10.1 Å². The number of aliphatic imine (C=N–C) groups is 1. The number of nitro groups is 1. The highest BCUT2D eigenvalue weighted by molar-refractivity contribution is 6.37. The summed E-state index contributed by atoms with van der Waals surface area (Å²) in [5.74, 6) is 0. The Morgan fingerprint density at radius 2 is 1.86 bits per heavy atom. The van der Waals surface area contributed by atoms with Crippen molar-refractivity contribution in [2.45, 2.75) is 13.8 Å². The van der Waals surface area contributed by atoms with E-state index in [0.717, 1.165) is 16.7 Å². The van der Waals surface area contributed by atoms with Gasteiger partial charge in [-0.25, -0.2) is 0 Å². The monoisotopic (exact) mass is 322 g/mol. The molecule has 0 amide bonds. The molecule has 0 aliphatic carbocycles. The number of rotatable bonds is 3. The Bertz CT molecular complexity index is 743. The lowest BCUT2D eigenvalue weighted by Gasteiger charge is -2.03. The summed E-state index contributed by atoms with van der Waals surface area (Å²) in [5.41, 5.74) is 3.25. The molecule has 0 aliphatic rings.